The summed E-state index contributed by atoms with van der Waals surface area (Å²) in [5.41, 5.74) is 8.73. The van der Waals surface area contributed by atoms with Crippen LogP contribution in [0.15, 0.2) is 12.1 Å². The third kappa shape index (κ3) is 3.98. The third-order valence-corrected chi connectivity index (χ3v) is 5.82. The fraction of sp³-hybridized carbons (Fsp3) is 0.368. The van der Waals surface area contributed by atoms with Crippen LogP contribution in [-0.2, 0) is 24.2 Å². The summed E-state index contributed by atoms with van der Waals surface area (Å²) in [5, 5.41) is 2.76. The summed E-state index contributed by atoms with van der Waals surface area (Å²) in [5.74, 6) is 1.42. The molecule has 0 spiro atoms. The monoisotopic (exact) mass is 510 g/mol. The Hall–Kier alpha value is -2.50. The van der Waals surface area contributed by atoms with Gasteiger partial charge in [0.05, 0.1) is 6.61 Å². The van der Waals surface area contributed by atoms with Gasteiger partial charge in [0.1, 0.15) is 11.6 Å². The molecule has 0 saturated heterocycles. The Morgan fingerprint density at radius 2 is 2.21 bits per heavy atom. The van der Waals surface area contributed by atoms with Crippen molar-refractivity contribution >= 4 is 45.5 Å². The molecule has 3 heterocycles. The molecule has 0 aliphatic carbocycles. The molecule has 1 aliphatic heterocycles. The van der Waals surface area contributed by atoms with Crippen LogP contribution < -0.4 is 15.8 Å². The Balaban J connectivity index is 1.74. The van der Waals surface area contributed by atoms with E-state index < -0.39 is 6.08 Å². The number of nitrogens with zero attached hydrogens (tertiary/aromatic N) is 4. The van der Waals surface area contributed by atoms with E-state index in [0.29, 0.717) is 43.1 Å². The minimum atomic E-state index is -0.916. The van der Waals surface area contributed by atoms with Crippen LogP contribution in [0, 0.1) is 9.65 Å². The first kappa shape index (κ1) is 19.8. The van der Waals surface area contributed by atoms with E-state index in [9.17, 15) is 9.18 Å². The fourth-order valence-corrected chi connectivity index (χ4v) is 4.17. The molecule has 4 rings (SSSR count). The number of nitrogens with one attached hydrogen (secondary N) is 1. The highest BCUT2D eigenvalue weighted by Gasteiger charge is 2.20. The lowest BCUT2D eigenvalue weighted by molar-refractivity contribution is -0.121. The van der Waals surface area contributed by atoms with Gasteiger partial charge in [-0.15, -0.1) is 0 Å². The second kappa shape index (κ2) is 8.09. The standard InChI is InChI=1S/C19H20FIN6O2/c1-2-23-15(28)3-5-27-14(24-16-17(22)25-19(20)26-18(16)27)9-11-8-13-10(4-6-29-13)7-12(11)21/h7-8H,2-6,9H2,1H3,(H,23,28)(H2,22,25,26). The molecule has 10 heteroatoms. The molecule has 0 atom stereocenters. The van der Waals surface area contributed by atoms with Gasteiger partial charge >= 0.3 is 6.08 Å². The van der Waals surface area contributed by atoms with Gasteiger partial charge in [0, 0.05) is 35.9 Å². The van der Waals surface area contributed by atoms with Crippen LogP contribution in [0.3, 0.4) is 0 Å². The number of imidazole rings is 1. The largest absolute Gasteiger partial charge is 0.493 e. The van der Waals surface area contributed by atoms with Gasteiger partial charge in [0.15, 0.2) is 17.0 Å². The maximum absolute atomic E-state index is 13.8. The number of ether oxygens (including phenoxy) is 1. The van der Waals surface area contributed by atoms with Crippen molar-refractivity contribution in [2.45, 2.75) is 32.7 Å². The number of nitrogens with two attached hydrogens (primary N) is 1. The number of rotatable bonds is 6. The number of fused-ring (bicyclic) bond motifs is 2. The van der Waals surface area contributed by atoms with E-state index in [1.54, 1.807) is 4.57 Å². The SMILES string of the molecule is CCNC(=O)CCn1c(Cc2cc3c(cc2I)CCO3)nc2c(N)nc(F)nc21. The van der Waals surface area contributed by atoms with E-state index in [1.165, 1.54) is 5.56 Å². The molecule has 0 radical (unpaired) electrons. The molecule has 29 heavy (non-hydrogen) atoms. The molecule has 8 nitrogen and oxygen atoms in total. The number of aryl methyl sites for hydroxylation is 1. The van der Waals surface area contributed by atoms with Crippen molar-refractivity contribution < 1.29 is 13.9 Å². The number of nitrogen functional groups attached to an aromatic ring is 1. The van der Waals surface area contributed by atoms with Gasteiger partial charge < -0.3 is 20.4 Å². The van der Waals surface area contributed by atoms with Crippen LogP contribution in [-0.4, -0.2) is 38.6 Å². The minimum Gasteiger partial charge on any atom is -0.493 e. The molecular weight excluding hydrogens is 490 g/mol. The van der Waals surface area contributed by atoms with Crippen LogP contribution in [0.4, 0.5) is 10.2 Å². The third-order valence-electron chi connectivity index (χ3n) is 4.82. The zero-order chi connectivity index (χ0) is 20.5. The Kier molecular flexibility index (Phi) is 5.52. The first-order valence-electron chi connectivity index (χ1n) is 9.35. The van der Waals surface area contributed by atoms with Gasteiger partial charge in [-0.3, -0.25) is 4.79 Å². The predicted octanol–water partition coefficient (Wildman–Crippen LogP) is 2.20. The molecule has 152 valence electrons. The van der Waals surface area contributed by atoms with E-state index in [1.807, 2.05) is 13.0 Å². The summed E-state index contributed by atoms with van der Waals surface area (Å²) in [6, 6.07) is 4.14. The highest BCUT2D eigenvalue weighted by atomic mass is 127. The van der Waals surface area contributed by atoms with Crippen LogP contribution in [0.25, 0.3) is 11.2 Å². The summed E-state index contributed by atoms with van der Waals surface area (Å²) in [4.78, 5) is 24.0. The van der Waals surface area contributed by atoms with Crippen molar-refractivity contribution in [3.63, 3.8) is 0 Å². The maximum Gasteiger partial charge on any atom is 0.312 e. The van der Waals surface area contributed by atoms with E-state index in [-0.39, 0.29) is 18.1 Å². The Morgan fingerprint density at radius 1 is 1.38 bits per heavy atom. The van der Waals surface area contributed by atoms with Crippen molar-refractivity contribution in [2.24, 2.45) is 0 Å². The number of hydrogen-bond acceptors (Lipinski definition) is 6. The van der Waals surface area contributed by atoms with Gasteiger partial charge in [-0.25, -0.2) is 4.98 Å². The normalized spacial score (nSPS) is 12.8. The first-order chi connectivity index (χ1) is 14.0. The van der Waals surface area contributed by atoms with Gasteiger partial charge in [-0.1, -0.05) is 0 Å². The summed E-state index contributed by atoms with van der Waals surface area (Å²) in [7, 11) is 0. The molecule has 0 bridgehead atoms. The predicted molar refractivity (Wildman–Crippen MR) is 114 cm³/mol. The molecule has 3 aromatic rings. The van der Waals surface area contributed by atoms with Crippen molar-refractivity contribution in [1.29, 1.82) is 0 Å². The van der Waals surface area contributed by atoms with Gasteiger partial charge in [-0.05, 0) is 52.8 Å². The molecular formula is C19H20FIN6O2. The quantitative estimate of drug-likeness (QED) is 0.389. The number of aromatic nitrogens is 4. The van der Waals surface area contributed by atoms with Gasteiger partial charge in [0.2, 0.25) is 5.91 Å². The van der Waals surface area contributed by atoms with Crippen LogP contribution in [0.2, 0.25) is 0 Å². The molecule has 0 fully saturated rings. The van der Waals surface area contributed by atoms with E-state index in [4.69, 9.17) is 10.5 Å². The van der Waals surface area contributed by atoms with Crippen molar-refractivity contribution in [2.75, 3.05) is 18.9 Å². The van der Waals surface area contributed by atoms with Gasteiger partial charge in [-0.2, -0.15) is 14.4 Å². The van der Waals surface area contributed by atoms with Crippen LogP contribution in [0.5, 0.6) is 5.75 Å². The van der Waals surface area contributed by atoms with Crippen molar-refractivity contribution in [1.82, 2.24) is 24.8 Å². The van der Waals surface area contributed by atoms with Crippen LogP contribution >= 0.6 is 22.6 Å². The summed E-state index contributed by atoms with van der Waals surface area (Å²) in [6.07, 6.45) is 0.688. The number of anilines is 1. The lowest BCUT2D eigenvalue weighted by Crippen LogP contribution is -2.24. The van der Waals surface area contributed by atoms with E-state index >= 15 is 0 Å². The van der Waals surface area contributed by atoms with Crippen molar-refractivity contribution in [3.05, 3.63) is 38.7 Å². The summed E-state index contributed by atoms with van der Waals surface area (Å²) in [6.45, 7) is 3.40. The van der Waals surface area contributed by atoms with E-state index in [2.05, 4.69) is 48.9 Å². The molecule has 2 aromatic heterocycles. The highest BCUT2D eigenvalue weighted by Crippen LogP contribution is 2.31. The maximum atomic E-state index is 13.8. The Bertz CT molecular complexity index is 1100. The average molecular weight is 510 g/mol. The number of benzene rings is 1. The second-order valence-electron chi connectivity index (χ2n) is 6.76. The van der Waals surface area contributed by atoms with E-state index in [0.717, 1.165) is 21.3 Å². The lowest BCUT2D eigenvalue weighted by atomic mass is 10.1. The second-order valence-corrected chi connectivity index (χ2v) is 7.92. The Labute approximate surface area is 180 Å². The summed E-state index contributed by atoms with van der Waals surface area (Å²) >= 11 is 2.30. The molecule has 1 amide bonds. The topological polar surface area (TPSA) is 108 Å². The van der Waals surface area contributed by atoms with Crippen LogP contribution in [0.1, 0.15) is 30.3 Å². The summed E-state index contributed by atoms with van der Waals surface area (Å²) < 4.78 is 22.3. The molecule has 0 saturated carbocycles. The van der Waals surface area contributed by atoms with Gasteiger partial charge in [0.25, 0.3) is 0 Å². The number of amides is 1. The fourth-order valence-electron chi connectivity index (χ4n) is 3.45. The average Bonchev–Trinajstić information content (AvgIpc) is 3.25. The Morgan fingerprint density at radius 3 is 3.00 bits per heavy atom. The molecule has 1 aromatic carbocycles. The number of carbonyl (C=O) groups excluding carboxylic acids is 1. The number of hydrogen-bond donors (Lipinski definition) is 2. The van der Waals surface area contributed by atoms with Crippen molar-refractivity contribution in [3.8, 4) is 5.75 Å². The minimum absolute atomic E-state index is 0.0162. The molecule has 1 aliphatic rings. The highest BCUT2D eigenvalue weighted by molar-refractivity contribution is 14.1. The molecule has 3 N–H and O–H groups in total. The molecule has 0 unspecified atom stereocenters. The number of carbonyl (C=O) groups is 1. The smallest absolute Gasteiger partial charge is 0.312 e. The zero-order valence-electron chi connectivity index (χ0n) is 15.8. The zero-order valence-corrected chi connectivity index (χ0v) is 18.0. The first-order valence-corrected chi connectivity index (χ1v) is 10.4. The number of halogens is 2. The lowest BCUT2D eigenvalue weighted by Gasteiger charge is -2.11.